The molecule has 1 saturated carbocycles. The number of carbonyl (C=O) groups is 1. The van der Waals surface area contributed by atoms with E-state index in [2.05, 4.69) is 0 Å². The zero-order chi connectivity index (χ0) is 13.8. The second-order valence-electron chi connectivity index (χ2n) is 4.76. The van der Waals surface area contributed by atoms with Crippen LogP contribution in [0.2, 0.25) is 0 Å². The largest absolute Gasteiger partial charge is 0.396 e. The first-order chi connectivity index (χ1) is 9.15. The highest BCUT2D eigenvalue weighted by atomic mass is 19.1. The van der Waals surface area contributed by atoms with Gasteiger partial charge < -0.3 is 10.0 Å². The minimum absolute atomic E-state index is 0.0399. The van der Waals surface area contributed by atoms with Crippen LogP contribution < -0.4 is 0 Å². The van der Waals surface area contributed by atoms with Crippen molar-refractivity contribution >= 4 is 5.91 Å². The Balaban J connectivity index is 2.22. The number of hydrogen-bond acceptors (Lipinski definition) is 2. The van der Waals surface area contributed by atoms with Crippen molar-refractivity contribution in [2.45, 2.75) is 31.7 Å². The molecule has 1 N–H and O–H groups in total. The van der Waals surface area contributed by atoms with Crippen molar-refractivity contribution in [3.8, 4) is 0 Å². The third-order valence-electron chi connectivity index (χ3n) is 3.51. The van der Waals surface area contributed by atoms with Gasteiger partial charge in [0.15, 0.2) is 0 Å². The van der Waals surface area contributed by atoms with E-state index in [9.17, 15) is 13.6 Å². The van der Waals surface area contributed by atoms with E-state index in [4.69, 9.17) is 5.11 Å². The Bertz CT molecular complexity index is 441. The van der Waals surface area contributed by atoms with Crippen molar-refractivity contribution in [2.75, 3.05) is 13.2 Å². The molecule has 0 atom stereocenters. The molecule has 0 aliphatic heterocycles. The fraction of sp³-hybridized carbons (Fsp3) is 0.500. The van der Waals surface area contributed by atoms with Crippen LogP contribution in [0.25, 0.3) is 0 Å². The summed E-state index contributed by atoms with van der Waals surface area (Å²) in [5, 5.41) is 8.86. The molecule has 104 valence electrons. The second-order valence-corrected chi connectivity index (χ2v) is 4.76. The molecule has 1 aliphatic rings. The average molecular weight is 269 g/mol. The number of halogens is 2. The fourth-order valence-electron chi connectivity index (χ4n) is 2.24. The molecule has 0 spiro atoms. The lowest BCUT2D eigenvalue weighted by Gasteiger charge is -2.37. The molecule has 3 nitrogen and oxygen atoms in total. The summed E-state index contributed by atoms with van der Waals surface area (Å²) < 4.78 is 27.3. The first kappa shape index (κ1) is 13.9. The van der Waals surface area contributed by atoms with Crippen LogP contribution in [0, 0.1) is 11.6 Å². The van der Waals surface area contributed by atoms with E-state index in [0.717, 1.165) is 31.4 Å². The van der Waals surface area contributed by atoms with Crippen molar-refractivity contribution in [1.29, 1.82) is 0 Å². The van der Waals surface area contributed by atoms with Gasteiger partial charge in [-0.1, -0.05) is 6.07 Å². The van der Waals surface area contributed by atoms with E-state index in [1.54, 1.807) is 0 Å². The number of rotatable bonds is 5. The minimum Gasteiger partial charge on any atom is -0.396 e. The van der Waals surface area contributed by atoms with Gasteiger partial charge in [0, 0.05) is 19.2 Å². The Morgan fingerprint density at radius 2 is 1.95 bits per heavy atom. The van der Waals surface area contributed by atoms with Gasteiger partial charge in [0.1, 0.15) is 17.2 Å². The smallest absolute Gasteiger partial charge is 0.260 e. The van der Waals surface area contributed by atoms with Crippen molar-refractivity contribution in [3.63, 3.8) is 0 Å². The maximum Gasteiger partial charge on any atom is 0.260 e. The molecule has 2 rings (SSSR count). The Hall–Kier alpha value is -1.49. The van der Waals surface area contributed by atoms with Crippen molar-refractivity contribution in [2.24, 2.45) is 0 Å². The summed E-state index contributed by atoms with van der Waals surface area (Å²) in [6.07, 6.45) is 3.14. The molecule has 5 heteroatoms. The van der Waals surface area contributed by atoms with Crippen LogP contribution in [-0.4, -0.2) is 35.1 Å². The molecule has 1 amide bonds. The number of aliphatic hydroxyl groups is 1. The highest BCUT2D eigenvalue weighted by Gasteiger charge is 2.31. The van der Waals surface area contributed by atoms with E-state index in [0.29, 0.717) is 13.0 Å². The van der Waals surface area contributed by atoms with Crippen molar-refractivity contribution in [3.05, 3.63) is 35.4 Å². The molecule has 0 unspecified atom stereocenters. The van der Waals surface area contributed by atoms with E-state index < -0.39 is 23.1 Å². The first-order valence-electron chi connectivity index (χ1n) is 6.51. The maximum absolute atomic E-state index is 13.6. The summed E-state index contributed by atoms with van der Waals surface area (Å²) in [5.41, 5.74) is -0.493. The molecule has 0 bridgehead atoms. The van der Waals surface area contributed by atoms with Crippen LogP contribution in [0.15, 0.2) is 18.2 Å². The van der Waals surface area contributed by atoms with Gasteiger partial charge in [-0.15, -0.1) is 0 Å². The van der Waals surface area contributed by atoms with Crippen molar-refractivity contribution in [1.82, 2.24) is 4.90 Å². The molecule has 1 aromatic carbocycles. The maximum atomic E-state index is 13.6. The zero-order valence-electron chi connectivity index (χ0n) is 10.6. The quantitative estimate of drug-likeness (QED) is 0.891. The number of benzene rings is 1. The summed E-state index contributed by atoms with van der Waals surface area (Å²) in [4.78, 5) is 13.8. The summed E-state index contributed by atoms with van der Waals surface area (Å²) in [7, 11) is 0. The van der Waals surface area contributed by atoms with Gasteiger partial charge in [-0.3, -0.25) is 4.79 Å². The monoisotopic (exact) mass is 269 g/mol. The predicted molar refractivity (Wildman–Crippen MR) is 66.7 cm³/mol. The van der Waals surface area contributed by atoms with Gasteiger partial charge in [0.25, 0.3) is 5.91 Å². The fourth-order valence-corrected chi connectivity index (χ4v) is 2.24. The molecule has 0 radical (unpaired) electrons. The lowest BCUT2D eigenvalue weighted by Crippen LogP contribution is -2.45. The molecular weight excluding hydrogens is 252 g/mol. The van der Waals surface area contributed by atoms with E-state index in [1.165, 1.54) is 11.0 Å². The Morgan fingerprint density at radius 1 is 1.32 bits per heavy atom. The van der Waals surface area contributed by atoms with Crippen LogP contribution in [-0.2, 0) is 0 Å². The second kappa shape index (κ2) is 6.10. The van der Waals surface area contributed by atoms with Gasteiger partial charge >= 0.3 is 0 Å². The molecule has 1 aliphatic carbocycles. The van der Waals surface area contributed by atoms with Gasteiger partial charge in [0.2, 0.25) is 0 Å². The standard InChI is InChI=1S/C14H17F2NO2/c15-11-6-2-7-12(16)13(11)14(19)17(8-3-9-18)10-4-1-5-10/h2,6-7,10,18H,1,3-5,8-9H2. The van der Waals surface area contributed by atoms with Gasteiger partial charge in [-0.05, 0) is 37.8 Å². The molecule has 0 heterocycles. The van der Waals surface area contributed by atoms with Crippen LogP contribution in [0.4, 0.5) is 8.78 Å². The Morgan fingerprint density at radius 3 is 2.42 bits per heavy atom. The number of amides is 1. The lowest BCUT2D eigenvalue weighted by molar-refractivity contribution is 0.0553. The number of carbonyl (C=O) groups excluding carboxylic acids is 1. The van der Waals surface area contributed by atoms with Crippen LogP contribution in [0.3, 0.4) is 0 Å². The molecule has 0 aromatic heterocycles. The summed E-state index contributed by atoms with van der Waals surface area (Å²) >= 11 is 0. The predicted octanol–water partition coefficient (Wildman–Crippen LogP) is 2.34. The highest BCUT2D eigenvalue weighted by molar-refractivity contribution is 5.95. The van der Waals surface area contributed by atoms with Crippen LogP contribution in [0.5, 0.6) is 0 Å². The topological polar surface area (TPSA) is 40.5 Å². The van der Waals surface area contributed by atoms with Gasteiger partial charge in [-0.2, -0.15) is 0 Å². The summed E-state index contributed by atoms with van der Waals surface area (Å²) in [6, 6.07) is 3.45. The molecular formula is C14H17F2NO2. The third kappa shape index (κ3) is 2.92. The van der Waals surface area contributed by atoms with Crippen LogP contribution >= 0.6 is 0 Å². The SMILES string of the molecule is O=C(c1c(F)cccc1F)N(CCCO)C1CCC1. The summed E-state index contributed by atoms with van der Waals surface area (Å²) in [6.45, 7) is 0.282. The third-order valence-corrected chi connectivity index (χ3v) is 3.51. The minimum atomic E-state index is -0.835. The highest BCUT2D eigenvalue weighted by Crippen LogP contribution is 2.27. The molecule has 0 saturated heterocycles. The zero-order valence-corrected chi connectivity index (χ0v) is 10.6. The van der Waals surface area contributed by atoms with E-state index in [1.807, 2.05) is 0 Å². The Labute approximate surface area is 110 Å². The molecule has 1 aromatic rings. The van der Waals surface area contributed by atoms with Crippen molar-refractivity contribution < 1.29 is 18.7 Å². The van der Waals surface area contributed by atoms with E-state index in [-0.39, 0.29) is 12.6 Å². The molecule has 1 fully saturated rings. The molecule has 19 heavy (non-hydrogen) atoms. The van der Waals surface area contributed by atoms with Crippen LogP contribution in [0.1, 0.15) is 36.0 Å². The average Bonchev–Trinajstić information content (AvgIpc) is 2.31. The van der Waals surface area contributed by atoms with Gasteiger partial charge in [0.05, 0.1) is 0 Å². The normalized spacial score (nSPS) is 15.1. The Kier molecular flexibility index (Phi) is 4.47. The lowest BCUT2D eigenvalue weighted by atomic mass is 9.90. The first-order valence-corrected chi connectivity index (χ1v) is 6.51. The number of aliphatic hydroxyl groups excluding tert-OH is 1. The number of hydrogen-bond donors (Lipinski definition) is 1. The van der Waals surface area contributed by atoms with Gasteiger partial charge in [-0.25, -0.2) is 8.78 Å². The number of nitrogens with zero attached hydrogens (tertiary/aromatic N) is 1. The van der Waals surface area contributed by atoms with E-state index >= 15 is 0 Å². The summed E-state index contributed by atoms with van der Waals surface area (Å²) in [5.74, 6) is -2.29.